The molecule has 0 amide bonds. The highest BCUT2D eigenvalue weighted by Gasteiger charge is 2.51. The predicted molar refractivity (Wildman–Crippen MR) is 235 cm³/mol. The molecule has 1 aliphatic heterocycles. The maximum Gasteiger partial charge on any atom is 0.132 e. The molecule has 1 spiro atoms. The topological polar surface area (TPSA) is 12.5 Å². The van der Waals surface area contributed by atoms with Crippen LogP contribution in [-0.2, 0) is 5.41 Å². The number of ether oxygens (including phenoxy) is 1. The third kappa shape index (κ3) is 5.18. The Bertz CT molecular complexity index is 2870. The molecule has 2 aliphatic rings. The van der Waals surface area contributed by atoms with Crippen LogP contribution in [0.5, 0.6) is 11.5 Å². The Labute approximate surface area is 333 Å². The summed E-state index contributed by atoms with van der Waals surface area (Å²) in [7, 11) is 0. The van der Waals surface area contributed by atoms with Crippen LogP contribution < -0.4 is 9.64 Å². The minimum Gasteiger partial charge on any atom is -0.457 e. The zero-order chi connectivity index (χ0) is 37.8. The molecule has 2 heteroatoms. The molecule has 0 aromatic heterocycles. The van der Waals surface area contributed by atoms with Crippen LogP contribution in [0.4, 0.5) is 17.1 Å². The molecule has 0 fully saturated rings. The predicted octanol–water partition coefficient (Wildman–Crippen LogP) is 14.6. The van der Waals surface area contributed by atoms with E-state index in [1.54, 1.807) is 0 Å². The van der Waals surface area contributed by atoms with E-state index in [1.807, 2.05) is 0 Å². The monoisotopic (exact) mass is 727 g/mol. The van der Waals surface area contributed by atoms with Gasteiger partial charge in [-0.1, -0.05) is 182 Å². The summed E-state index contributed by atoms with van der Waals surface area (Å²) >= 11 is 0. The highest BCUT2D eigenvalue weighted by atomic mass is 16.5. The molecule has 0 bridgehead atoms. The lowest BCUT2D eigenvalue weighted by Gasteiger charge is -2.39. The number of hydrogen-bond acceptors (Lipinski definition) is 2. The Hall–Kier alpha value is -7.42. The van der Waals surface area contributed by atoms with Crippen LogP contribution >= 0.6 is 0 Å². The summed E-state index contributed by atoms with van der Waals surface area (Å²) in [4.78, 5) is 2.48. The molecule has 0 unspecified atom stereocenters. The van der Waals surface area contributed by atoms with Gasteiger partial charge in [0, 0.05) is 27.9 Å². The molecule has 57 heavy (non-hydrogen) atoms. The van der Waals surface area contributed by atoms with E-state index in [-0.39, 0.29) is 0 Å². The van der Waals surface area contributed by atoms with Crippen LogP contribution in [0.15, 0.2) is 224 Å². The standard InChI is InChI=1S/C55H37NO/c1-4-17-38(18-5-1)40-31-34-43(35-32-40)56(50-36-33-42(39-19-6-2-7-20-39)37-45(50)41-21-8-3-9-22-41)51-28-16-27-49-54(51)44-23-10-11-24-46(44)55(49)47-25-12-14-29-52(47)57-53-30-15-13-26-48(53)55/h1-37H. The molecule has 0 atom stereocenters. The average molecular weight is 728 g/mol. The van der Waals surface area contributed by atoms with Crippen molar-refractivity contribution in [2.75, 3.05) is 4.90 Å². The fourth-order valence-corrected chi connectivity index (χ4v) is 9.30. The molecule has 0 N–H and O–H groups in total. The zero-order valence-corrected chi connectivity index (χ0v) is 31.2. The van der Waals surface area contributed by atoms with E-state index >= 15 is 0 Å². The van der Waals surface area contributed by atoms with Gasteiger partial charge in [-0.25, -0.2) is 0 Å². The van der Waals surface area contributed by atoms with Crippen LogP contribution in [0.25, 0.3) is 44.5 Å². The van der Waals surface area contributed by atoms with Crippen LogP contribution in [0, 0.1) is 0 Å². The minimum absolute atomic E-state index is 0.574. The Morgan fingerprint density at radius 1 is 0.316 bits per heavy atom. The molecule has 0 radical (unpaired) electrons. The van der Waals surface area contributed by atoms with Gasteiger partial charge < -0.3 is 9.64 Å². The number of anilines is 3. The summed E-state index contributed by atoms with van der Waals surface area (Å²) < 4.78 is 6.66. The van der Waals surface area contributed by atoms with E-state index in [9.17, 15) is 0 Å². The van der Waals surface area contributed by atoms with Crippen molar-refractivity contribution >= 4 is 17.1 Å². The van der Waals surface area contributed by atoms with Gasteiger partial charge in [-0.15, -0.1) is 0 Å². The zero-order valence-electron chi connectivity index (χ0n) is 31.2. The lowest BCUT2D eigenvalue weighted by molar-refractivity contribution is 0.436. The van der Waals surface area contributed by atoms with Crippen molar-refractivity contribution in [2.45, 2.75) is 5.41 Å². The van der Waals surface area contributed by atoms with Gasteiger partial charge in [0.15, 0.2) is 0 Å². The summed E-state index contributed by atoms with van der Waals surface area (Å²) in [5, 5.41) is 0. The van der Waals surface area contributed by atoms with E-state index in [0.717, 1.165) is 50.8 Å². The minimum atomic E-state index is -0.574. The lowest BCUT2D eigenvalue weighted by Crippen LogP contribution is -2.32. The van der Waals surface area contributed by atoms with Crippen molar-refractivity contribution in [3.05, 3.63) is 247 Å². The number of fused-ring (bicyclic) bond motifs is 9. The molecule has 1 heterocycles. The second kappa shape index (κ2) is 13.4. The van der Waals surface area contributed by atoms with E-state index in [2.05, 4.69) is 229 Å². The summed E-state index contributed by atoms with van der Waals surface area (Å²) in [5.74, 6) is 1.78. The smallest absolute Gasteiger partial charge is 0.132 e. The van der Waals surface area contributed by atoms with Gasteiger partial charge in [0.25, 0.3) is 0 Å². The first-order valence-corrected chi connectivity index (χ1v) is 19.6. The molecular weight excluding hydrogens is 691 g/mol. The van der Waals surface area contributed by atoms with Crippen molar-refractivity contribution in [3.8, 4) is 56.0 Å². The van der Waals surface area contributed by atoms with Gasteiger partial charge >= 0.3 is 0 Å². The largest absolute Gasteiger partial charge is 0.457 e. The van der Waals surface area contributed by atoms with Gasteiger partial charge in [-0.05, 0) is 87.0 Å². The van der Waals surface area contributed by atoms with Crippen molar-refractivity contribution < 1.29 is 4.74 Å². The second-order valence-corrected chi connectivity index (χ2v) is 14.8. The van der Waals surface area contributed by atoms with Crippen molar-refractivity contribution in [2.24, 2.45) is 0 Å². The number of hydrogen-bond donors (Lipinski definition) is 0. The first-order chi connectivity index (χ1) is 28.3. The first-order valence-electron chi connectivity index (χ1n) is 19.6. The Morgan fingerprint density at radius 3 is 1.46 bits per heavy atom. The Balaban J connectivity index is 1.21. The van der Waals surface area contributed by atoms with E-state index in [1.165, 1.54) is 44.5 Å². The number of para-hydroxylation sites is 2. The highest BCUT2D eigenvalue weighted by Crippen LogP contribution is 2.64. The second-order valence-electron chi connectivity index (χ2n) is 14.8. The van der Waals surface area contributed by atoms with Gasteiger partial charge in [-0.2, -0.15) is 0 Å². The summed E-state index contributed by atoms with van der Waals surface area (Å²) in [6, 6.07) is 81.1. The third-order valence-electron chi connectivity index (χ3n) is 11.8. The molecule has 2 nitrogen and oxygen atoms in total. The van der Waals surface area contributed by atoms with Crippen molar-refractivity contribution in [3.63, 3.8) is 0 Å². The van der Waals surface area contributed by atoms with Gasteiger partial charge in [-0.3, -0.25) is 0 Å². The van der Waals surface area contributed by atoms with Crippen LogP contribution in [0.2, 0.25) is 0 Å². The van der Waals surface area contributed by atoms with Gasteiger partial charge in [0.2, 0.25) is 0 Å². The summed E-state index contributed by atoms with van der Waals surface area (Å²) in [5.41, 5.74) is 17.1. The van der Waals surface area contributed by atoms with Gasteiger partial charge in [0.05, 0.1) is 16.8 Å². The van der Waals surface area contributed by atoms with Crippen LogP contribution in [0.3, 0.4) is 0 Å². The third-order valence-corrected chi connectivity index (χ3v) is 11.8. The van der Waals surface area contributed by atoms with E-state index in [4.69, 9.17) is 4.74 Å². The fourth-order valence-electron chi connectivity index (χ4n) is 9.30. The maximum absolute atomic E-state index is 6.66. The quantitative estimate of drug-likeness (QED) is 0.169. The van der Waals surface area contributed by atoms with Crippen molar-refractivity contribution in [1.29, 1.82) is 0 Å². The molecule has 0 saturated heterocycles. The molecule has 0 saturated carbocycles. The summed E-state index contributed by atoms with van der Waals surface area (Å²) in [6.07, 6.45) is 0. The molecule has 268 valence electrons. The maximum atomic E-state index is 6.66. The van der Waals surface area contributed by atoms with E-state index in [0.29, 0.717) is 0 Å². The van der Waals surface area contributed by atoms with Gasteiger partial charge in [0.1, 0.15) is 11.5 Å². The lowest BCUT2D eigenvalue weighted by atomic mass is 9.66. The SMILES string of the molecule is c1ccc(-c2ccc(N(c3ccc(-c4ccccc4)cc3-c3ccccc3)c3cccc4c3-c3ccccc3C43c4ccccc4Oc4ccccc43)cc2)cc1. The number of nitrogens with zero attached hydrogens (tertiary/aromatic N) is 1. The van der Waals surface area contributed by atoms with Crippen molar-refractivity contribution in [1.82, 2.24) is 0 Å². The molecule has 11 rings (SSSR count). The molecule has 9 aromatic rings. The van der Waals surface area contributed by atoms with E-state index < -0.39 is 5.41 Å². The Kier molecular flexibility index (Phi) is 7.75. The summed E-state index contributed by atoms with van der Waals surface area (Å²) in [6.45, 7) is 0. The molecule has 9 aromatic carbocycles. The number of rotatable bonds is 6. The molecular formula is C55H37NO. The molecule has 1 aliphatic carbocycles. The Morgan fingerprint density at radius 2 is 0.807 bits per heavy atom. The van der Waals surface area contributed by atoms with Crippen LogP contribution in [-0.4, -0.2) is 0 Å². The highest BCUT2D eigenvalue weighted by molar-refractivity contribution is 6.00. The first kappa shape index (κ1) is 33.0. The number of benzene rings is 9. The van der Waals surface area contributed by atoms with Crippen LogP contribution in [0.1, 0.15) is 22.3 Å². The average Bonchev–Trinajstić information content (AvgIpc) is 3.59. The normalized spacial score (nSPS) is 12.8. The fraction of sp³-hybridized carbons (Fsp3) is 0.0182.